The second kappa shape index (κ2) is 10.5. The van der Waals surface area contributed by atoms with E-state index in [9.17, 15) is 0 Å². The van der Waals surface area contributed by atoms with Crippen molar-refractivity contribution >= 4 is 16.1 Å². The molecule has 2 fully saturated rings. The van der Waals surface area contributed by atoms with E-state index in [4.69, 9.17) is 0 Å². The quantitative estimate of drug-likeness (QED) is 0.382. The smallest absolute Gasteiger partial charge is 0.0183 e. The van der Waals surface area contributed by atoms with Gasteiger partial charge in [0.2, 0.25) is 0 Å². The van der Waals surface area contributed by atoms with Crippen molar-refractivity contribution in [2.75, 3.05) is 12.7 Å². The van der Waals surface area contributed by atoms with Gasteiger partial charge in [0.1, 0.15) is 0 Å². The van der Waals surface area contributed by atoms with Gasteiger partial charge in [0.15, 0.2) is 0 Å². The normalized spacial score (nSPS) is 27.7. The third kappa shape index (κ3) is 4.79. The topological polar surface area (TPSA) is 3.24 Å². The van der Waals surface area contributed by atoms with Gasteiger partial charge in [0.05, 0.1) is 0 Å². The lowest BCUT2D eigenvalue weighted by atomic mass is 10.0. The molecule has 0 aromatic heterocycles. The SMILES string of the molecule is CCCCN(P1CCC[C@H]1CC)P1[C@H](c2ccccc2)CC[C@H]1c1ccccc1. The maximum absolute atomic E-state index is 3.15. The molecule has 4 atom stereocenters. The van der Waals surface area contributed by atoms with E-state index in [1.165, 1.54) is 57.7 Å². The Hall–Kier alpha value is -0.740. The lowest BCUT2D eigenvalue weighted by Gasteiger charge is -2.43. The third-order valence-electron chi connectivity index (χ3n) is 6.81. The Balaban J connectivity index is 1.72. The Bertz CT molecular complexity index is 687. The van der Waals surface area contributed by atoms with Crippen molar-refractivity contribution in [3.63, 3.8) is 0 Å². The zero-order valence-corrected chi connectivity index (χ0v) is 20.0. The Kier molecular flexibility index (Phi) is 7.80. The average molecular weight is 426 g/mol. The highest BCUT2D eigenvalue weighted by Gasteiger charge is 2.45. The molecule has 2 aromatic rings. The van der Waals surface area contributed by atoms with Crippen molar-refractivity contribution in [3.05, 3.63) is 71.8 Å². The Morgan fingerprint density at radius 3 is 1.93 bits per heavy atom. The van der Waals surface area contributed by atoms with Crippen molar-refractivity contribution in [2.24, 2.45) is 0 Å². The summed E-state index contributed by atoms with van der Waals surface area (Å²) in [5.41, 5.74) is 5.65. The molecule has 0 saturated carbocycles. The van der Waals surface area contributed by atoms with Gasteiger partial charge in [-0.25, -0.2) is 0 Å². The van der Waals surface area contributed by atoms with Gasteiger partial charge in [-0.15, -0.1) is 0 Å². The molecule has 2 aromatic carbocycles. The van der Waals surface area contributed by atoms with E-state index in [0.29, 0.717) is 0 Å². The zero-order chi connectivity index (χ0) is 20.1. The Labute approximate surface area is 180 Å². The van der Waals surface area contributed by atoms with Crippen molar-refractivity contribution < 1.29 is 0 Å². The van der Waals surface area contributed by atoms with Gasteiger partial charge in [0.25, 0.3) is 0 Å². The number of benzene rings is 2. The van der Waals surface area contributed by atoms with E-state index in [1.807, 2.05) is 0 Å². The number of nitrogens with zero attached hydrogens (tertiary/aromatic N) is 1. The fraction of sp³-hybridized carbons (Fsp3) is 0.538. The maximum Gasteiger partial charge on any atom is 0.0183 e. The highest BCUT2D eigenvalue weighted by atomic mass is 31.2. The minimum Gasteiger partial charge on any atom is -0.259 e. The second-order valence-electron chi connectivity index (χ2n) is 8.63. The van der Waals surface area contributed by atoms with Gasteiger partial charge < -0.3 is 0 Å². The van der Waals surface area contributed by atoms with Crippen LogP contribution in [-0.2, 0) is 0 Å². The fourth-order valence-corrected chi connectivity index (χ4v) is 13.9. The maximum atomic E-state index is 3.15. The molecule has 1 nitrogen and oxygen atoms in total. The molecule has 156 valence electrons. The van der Waals surface area contributed by atoms with Gasteiger partial charge in [0, 0.05) is 17.9 Å². The van der Waals surface area contributed by atoms with Crippen molar-refractivity contribution in [1.82, 2.24) is 4.44 Å². The van der Waals surface area contributed by atoms with Crippen LogP contribution in [0.1, 0.15) is 81.2 Å². The van der Waals surface area contributed by atoms with E-state index >= 15 is 0 Å². The molecule has 0 bridgehead atoms. The first-order valence-corrected chi connectivity index (χ1v) is 14.7. The molecule has 2 saturated heterocycles. The summed E-state index contributed by atoms with van der Waals surface area (Å²) in [5.74, 6) is 0. The lowest BCUT2D eigenvalue weighted by Crippen LogP contribution is -2.21. The summed E-state index contributed by atoms with van der Waals surface area (Å²) < 4.78 is 3.15. The molecular weight excluding hydrogens is 388 g/mol. The van der Waals surface area contributed by atoms with Crippen molar-refractivity contribution in [2.45, 2.75) is 75.8 Å². The van der Waals surface area contributed by atoms with Crippen LogP contribution in [0.4, 0.5) is 0 Å². The molecule has 0 radical (unpaired) electrons. The molecule has 2 aliphatic rings. The molecule has 1 unspecified atom stereocenters. The summed E-state index contributed by atoms with van der Waals surface area (Å²) in [6.45, 7) is 6.13. The standard InChI is InChI=1S/C26H37NP2/c1-3-5-20-27(28-21-12-17-24(28)4-2)29-25(22-13-8-6-9-14-22)18-19-26(29)23-15-10-7-11-16-23/h6-11,13-16,24-26H,3-5,12,17-21H2,1-2H3/t24-,25+,26+,28?/m1/s1. The largest absolute Gasteiger partial charge is 0.259 e. The van der Waals surface area contributed by atoms with Gasteiger partial charge in [-0.2, -0.15) is 0 Å². The molecule has 29 heavy (non-hydrogen) atoms. The van der Waals surface area contributed by atoms with Gasteiger partial charge in [-0.05, 0) is 77.6 Å². The van der Waals surface area contributed by atoms with Crippen LogP contribution in [0.15, 0.2) is 60.7 Å². The lowest BCUT2D eigenvalue weighted by molar-refractivity contribution is 0.617. The van der Waals surface area contributed by atoms with Crippen LogP contribution in [0.25, 0.3) is 0 Å². The van der Waals surface area contributed by atoms with Gasteiger partial charge >= 0.3 is 0 Å². The van der Waals surface area contributed by atoms with E-state index < -0.39 is 0 Å². The molecular formula is C26H37NP2. The van der Waals surface area contributed by atoms with Crippen LogP contribution in [0, 0.1) is 0 Å². The summed E-state index contributed by atoms with van der Waals surface area (Å²) in [7, 11) is -0.147. The van der Waals surface area contributed by atoms with E-state index in [1.54, 1.807) is 11.1 Å². The molecule has 2 aliphatic heterocycles. The number of unbranched alkanes of at least 4 members (excludes halogenated alkanes) is 1. The van der Waals surface area contributed by atoms with Crippen LogP contribution < -0.4 is 0 Å². The minimum absolute atomic E-state index is 0.0335. The van der Waals surface area contributed by atoms with Crippen LogP contribution in [0.2, 0.25) is 0 Å². The molecule has 3 heteroatoms. The van der Waals surface area contributed by atoms with Gasteiger partial charge in [-0.3, -0.25) is 4.44 Å². The van der Waals surface area contributed by atoms with E-state index in [-0.39, 0.29) is 16.1 Å². The number of hydrogen-bond acceptors (Lipinski definition) is 1. The summed E-state index contributed by atoms with van der Waals surface area (Å²) in [4.78, 5) is 0. The highest BCUT2D eigenvalue weighted by molar-refractivity contribution is 7.71. The van der Waals surface area contributed by atoms with Crippen LogP contribution in [0.5, 0.6) is 0 Å². The Morgan fingerprint density at radius 1 is 0.828 bits per heavy atom. The monoisotopic (exact) mass is 425 g/mol. The van der Waals surface area contributed by atoms with Crippen molar-refractivity contribution in [3.8, 4) is 0 Å². The first kappa shape index (κ1) is 21.5. The average Bonchev–Trinajstić information content (AvgIpc) is 3.43. The summed E-state index contributed by atoms with van der Waals surface area (Å²) in [6.07, 6.45) is 11.2. The summed E-state index contributed by atoms with van der Waals surface area (Å²) >= 11 is 0. The van der Waals surface area contributed by atoms with Crippen LogP contribution in [-0.4, -0.2) is 22.8 Å². The van der Waals surface area contributed by atoms with Crippen LogP contribution >= 0.6 is 16.1 Å². The predicted octanol–water partition coefficient (Wildman–Crippen LogP) is 8.73. The summed E-state index contributed by atoms with van der Waals surface area (Å²) in [5, 5.41) is 0. The molecule has 2 heterocycles. The molecule has 0 aliphatic carbocycles. The van der Waals surface area contributed by atoms with Gasteiger partial charge in [-0.1, -0.05) is 80.9 Å². The number of rotatable bonds is 8. The minimum atomic E-state index is -0.181. The molecule has 0 N–H and O–H groups in total. The predicted molar refractivity (Wildman–Crippen MR) is 131 cm³/mol. The van der Waals surface area contributed by atoms with Crippen LogP contribution in [0.3, 0.4) is 0 Å². The molecule has 4 rings (SSSR count). The first-order valence-electron chi connectivity index (χ1n) is 11.8. The van der Waals surface area contributed by atoms with E-state index in [2.05, 4.69) is 79.0 Å². The molecule has 0 spiro atoms. The third-order valence-corrected chi connectivity index (χ3v) is 14.3. The molecule has 0 amide bonds. The highest BCUT2D eigenvalue weighted by Crippen LogP contribution is 2.78. The first-order chi connectivity index (χ1) is 14.3. The Morgan fingerprint density at radius 2 is 1.41 bits per heavy atom. The zero-order valence-electron chi connectivity index (χ0n) is 18.2. The number of hydrogen-bond donors (Lipinski definition) is 0. The van der Waals surface area contributed by atoms with Crippen molar-refractivity contribution in [1.29, 1.82) is 0 Å². The second-order valence-corrected chi connectivity index (χ2v) is 14.0. The van der Waals surface area contributed by atoms with E-state index in [0.717, 1.165) is 17.0 Å². The fourth-order valence-electron chi connectivity index (χ4n) is 5.32. The summed E-state index contributed by atoms with van der Waals surface area (Å²) in [6, 6.07) is 23.0.